The van der Waals surface area contributed by atoms with Crippen molar-refractivity contribution >= 4 is 11.7 Å². The fraction of sp³-hybridized carbons (Fsp3) is 0.600. The summed E-state index contributed by atoms with van der Waals surface area (Å²) >= 11 is 0. The number of aromatic nitrogens is 1. The molecule has 1 fully saturated rings. The van der Waals surface area contributed by atoms with Gasteiger partial charge in [0, 0.05) is 32.2 Å². The molecule has 0 unspecified atom stereocenters. The number of piperazine rings is 1. The Morgan fingerprint density at radius 3 is 2.42 bits per heavy atom. The van der Waals surface area contributed by atoms with Crippen molar-refractivity contribution in [3.63, 3.8) is 0 Å². The number of rotatable bonds is 3. The number of urea groups is 1. The number of amides is 2. The average Bonchev–Trinajstić information content (AvgIpc) is 2.55. The van der Waals surface area contributed by atoms with E-state index < -0.39 is 12.2 Å². The molecule has 1 N–H and O–H groups in total. The molecule has 134 valence electrons. The van der Waals surface area contributed by atoms with E-state index >= 15 is 0 Å². The predicted octanol–water partition coefficient (Wildman–Crippen LogP) is 2.50. The number of hydrogen-bond acceptors (Lipinski definition) is 4. The summed E-state index contributed by atoms with van der Waals surface area (Å²) < 4.78 is 43.2. The van der Waals surface area contributed by atoms with E-state index in [2.05, 4.69) is 10.3 Å². The van der Waals surface area contributed by atoms with Crippen molar-refractivity contribution < 1.29 is 22.7 Å². The summed E-state index contributed by atoms with van der Waals surface area (Å²) in [7, 11) is 1.50. The maximum Gasteiger partial charge on any atom is 0.403 e. The van der Waals surface area contributed by atoms with Crippen molar-refractivity contribution in [1.29, 1.82) is 0 Å². The maximum absolute atomic E-state index is 12.7. The molecule has 0 radical (unpaired) electrons. The highest BCUT2D eigenvalue weighted by Crippen LogP contribution is 2.25. The van der Waals surface area contributed by atoms with Crippen LogP contribution < -0.4 is 10.1 Å². The number of halogens is 3. The van der Waals surface area contributed by atoms with Crippen molar-refractivity contribution in [2.24, 2.45) is 0 Å². The van der Waals surface area contributed by atoms with Crippen LogP contribution in [0.5, 0.6) is 5.88 Å². The minimum atomic E-state index is -4.25. The van der Waals surface area contributed by atoms with Gasteiger partial charge in [0.1, 0.15) is 6.04 Å². The third-order valence-electron chi connectivity index (χ3n) is 4.13. The summed E-state index contributed by atoms with van der Waals surface area (Å²) in [5, 5.41) is 2.73. The lowest BCUT2D eigenvalue weighted by atomic mass is 10.2. The summed E-state index contributed by atoms with van der Waals surface area (Å²) in [4.78, 5) is 19.3. The molecule has 1 aliphatic rings. The molecule has 0 saturated carbocycles. The number of anilines is 1. The second-order valence-electron chi connectivity index (χ2n) is 5.66. The second-order valence-corrected chi connectivity index (χ2v) is 5.66. The summed E-state index contributed by atoms with van der Waals surface area (Å²) in [6, 6.07) is 1.47. The van der Waals surface area contributed by atoms with Gasteiger partial charge in [-0.2, -0.15) is 13.2 Å². The summed E-state index contributed by atoms with van der Waals surface area (Å²) in [6.45, 7) is 3.74. The molecule has 2 amide bonds. The highest BCUT2D eigenvalue weighted by atomic mass is 19.4. The van der Waals surface area contributed by atoms with Gasteiger partial charge in [0.15, 0.2) is 0 Å². The largest absolute Gasteiger partial charge is 0.481 e. The number of pyridine rings is 1. The number of ether oxygens (including phenoxy) is 1. The van der Waals surface area contributed by atoms with Crippen molar-refractivity contribution in [3.8, 4) is 5.88 Å². The molecule has 9 heteroatoms. The van der Waals surface area contributed by atoms with E-state index in [1.807, 2.05) is 0 Å². The van der Waals surface area contributed by atoms with Gasteiger partial charge < -0.3 is 15.0 Å². The van der Waals surface area contributed by atoms with Crippen molar-refractivity contribution in [2.75, 3.05) is 38.6 Å². The second kappa shape index (κ2) is 7.25. The molecule has 1 saturated heterocycles. The molecular formula is C15H21F3N4O2. The molecule has 1 aliphatic heterocycles. The van der Waals surface area contributed by atoms with E-state index in [9.17, 15) is 18.0 Å². The van der Waals surface area contributed by atoms with Crippen LogP contribution >= 0.6 is 0 Å². The normalized spacial score (nSPS) is 17.5. The topological polar surface area (TPSA) is 57.7 Å². The van der Waals surface area contributed by atoms with Crippen molar-refractivity contribution in [3.05, 3.63) is 17.8 Å². The van der Waals surface area contributed by atoms with Crippen LogP contribution in [0.25, 0.3) is 0 Å². The molecule has 6 nitrogen and oxygen atoms in total. The van der Waals surface area contributed by atoms with Gasteiger partial charge in [-0.15, -0.1) is 0 Å². The Morgan fingerprint density at radius 2 is 1.92 bits per heavy atom. The Morgan fingerprint density at radius 1 is 1.29 bits per heavy atom. The molecule has 24 heavy (non-hydrogen) atoms. The number of carbonyl (C=O) groups excluding carboxylic acids is 1. The SMILES string of the molecule is COc1ccc(NC(=O)N2CCN([C@@H](C)C(F)(F)F)CC2)c(C)n1. The Kier molecular flexibility index (Phi) is 5.53. The molecule has 1 aromatic heterocycles. The van der Waals surface area contributed by atoms with Gasteiger partial charge in [-0.25, -0.2) is 9.78 Å². The van der Waals surface area contributed by atoms with Crippen molar-refractivity contribution in [2.45, 2.75) is 26.1 Å². The molecule has 1 aromatic rings. The molecule has 0 spiro atoms. The van der Waals surface area contributed by atoms with Gasteiger partial charge in [-0.05, 0) is 19.9 Å². The van der Waals surface area contributed by atoms with Gasteiger partial charge in [0.25, 0.3) is 0 Å². The standard InChI is InChI=1S/C15H21F3N4O2/c1-10-12(4-5-13(19-10)24-3)20-14(23)22-8-6-21(7-9-22)11(2)15(16,17)18/h4-5,11H,6-9H2,1-3H3,(H,20,23)/t11-/m0/s1. The van der Waals surface area contributed by atoms with E-state index in [1.165, 1.54) is 16.9 Å². The Balaban J connectivity index is 1.91. The van der Waals surface area contributed by atoms with E-state index in [0.717, 1.165) is 6.92 Å². The van der Waals surface area contributed by atoms with Gasteiger partial charge in [0.05, 0.1) is 18.5 Å². The summed E-state index contributed by atoms with van der Waals surface area (Å²) in [6.07, 6.45) is -4.25. The third kappa shape index (κ3) is 4.28. The van der Waals surface area contributed by atoms with E-state index in [1.54, 1.807) is 19.1 Å². The number of alkyl halides is 3. The molecule has 1 atom stereocenters. The van der Waals surface area contributed by atoms with Gasteiger partial charge in [-0.1, -0.05) is 0 Å². The Labute approximate surface area is 138 Å². The van der Waals surface area contributed by atoms with Crippen molar-refractivity contribution in [1.82, 2.24) is 14.8 Å². The first-order valence-electron chi connectivity index (χ1n) is 7.60. The number of methoxy groups -OCH3 is 1. The average molecular weight is 346 g/mol. The highest BCUT2D eigenvalue weighted by Gasteiger charge is 2.41. The fourth-order valence-electron chi connectivity index (χ4n) is 2.50. The van der Waals surface area contributed by atoms with Crippen LogP contribution in [0.4, 0.5) is 23.7 Å². The zero-order valence-electron chi connectivity index (χ0n) is 13.9. The van der Waals surface area contributed by atoms with Crippen LogP contribution in [0.2, 0.25) is 0 Å². The van der Waals surface area contributed by atoms with Crippen LogP contribution in [-0.2, 0) is 0 Å². The predicted molar refractivity (Wildman–Crippen MR) is 83.2 cm³/mol. The van der Waals surface area contributed by atoms with Gasteiger partial charge >= 0.3 is 12.2 Å². The number of nitrogens with zero attached hydrogens (tertiary/aromatic N) is 3. The first-order valence-corrected chi connectivity index (χ1v) is 7.60. The van der Waals surface area contributed by atoms with Crippen LogP contribution in [0, 0.1) is 6.92 Å². The smallest absolute Gasteiger partial charge is 0.403 e. The quantitative estimate of drug-likeness (QED) is 0.914. The Bertz CT molecular complexity index is 587. The van der Waals surface area contributed by atoms with Crippen LogP contribution in [-0.4, -0.2) is 66.3 Å². The monoisotopic (exact) mass is 346 g/mol. The minimum Gasteiger partial charge on any atom is -0.481 e. The molecule has 0 bridgehead atoms. The number of carbonyl (C=O) groups is 1. The van der Waals surface area contributed by atoms with Gasteiger partial charge in [0.2, 0.25) is 5.88 Å². The highest BCUT2D eigenvalue weighted by molar-refractivity contribution is 5.90. The van der Waals surface area contributed by atoms with Gasteiger partial charge in [-0.3, -0.25) is 4.90 Å². The molecule has 0 aromatic carbocycles. The first kappa shape index (κ1) is 18.3. The van der Waals surface area contributed by atoms with Crippen LogP contribution in [0.15, 0.2) is 12.1 Å². The maximum atomic E-state index is 12.7. The fourth-order valence-corrected chi connectivity index (χ4v) is 2.50. The molecule has 2 rings (SSSR count). The van der Waals surface area contributed by atoms with E-state index in [4.69, 9.17) is 4.74 Å². The number of nitrogens with one attached hydrogen (secondary N) is 1. The molecular weight excluding hydrogens is 325 g/mol. The molecule has 2 heterocycles. The summed E-state index contributed by atoms with van der Waals surface area (Å²) in [5.74, 6) is 0.445. The van der Waals surface area contributed by atoms with Crippen LogP contribution in [0.3, 0.4) is 0 Å². The third-order valence-corrected chi connectivity index (χ3v) is 4.13. The van der Waals surface area contributed by atoms with E-state index in [-0.39, 0.29) is 32.2 Å². The van der Waals surface area contributed by atoms with Crippen LogP contribution in [0.1, 0.15) is 12.6 Å². The zero-order valence-corrected chi connectivity index (χ0v) is 13.9. The lowest BCUT2D eigenvalue weighted by Crippen LogP contribution is -2.55. The Hall–Kier alpha value is -2.03. The summed E-state index contributed by atoms with van der Waals surface area (Å²) in [5.41, 5.74) is 1.15. The lowest BCUT2D eigenvalue weighted by Gasteiger charge is -2.38. The van der Waals surface area contributed by atoms with E-state index in [0.29, 0.717) is 17.3 Å². The first-order chi connectivity index (χ1) is 11.2. The minimum absolute atomic E-state index is 0.188. The number of aryl methyl sites for hydroxylation is 1. The zero-order chi connectivity index (χ0) is 17.9. The lowest BCUT2D eigenvalue weighted by molar-refractivity contribution is -0.181. The molecule has 0 aliphatic carbocycles. The number of hydrogen-bond donors (Lipinski definition) is 1.